The summed E-state index contributed by atoms with van der Waals surface area (Å²) in [6.45, 7) is 9.45. The second-order valence-electron chi connectivity index (χ2n) is 10.3. The summed E-state index contributed by atoms with van der Waals surface area (Å²) >= 11 is 0. The van der Waals surface area contributed by atoms with E-state index in [1.165, 1.54) is 10.6 Å². The van der Waals surface area contributed by atoms with E-state index in [1.54, 1.807) is 6.07 Å². The van der Waals surface area contributed by atoms with Gasteiger partial charge in [-0.05, 0) is 56.5 Å². The molecule has 4 aromatic rings. The first-order chi connectivity index (χ1) is 19.8. The molecular formula is C32H39FN4O4. The number of aliphatic hydroxyl groups excluding tert-OH is 2. The first-order valence-corrected chi connectivity index (χ1v) is 13.9. The first kappa shape index (κ1) is 30.2. The first-order valence-electron chi connectivity index (χ1n) is 13.9. The molecule has 2 atom stereocenters. The third-order valence-corrected chi connectivity index (χ3v) is 7.54. The summed E-state index contributed by atoms with van der Waals surface area (Å²) in [5, 5.41) is 22.9. The molecule has 1 aliphatic rings. The Kier molecular flexibility index (Phi) is 9.75. The summed E-state index contributed by atoms with van der Waals surface area (Å²) in [7, 11) is 1.00. The molecule has 2 unspecified atom stereocenters. The van der Waals surface area contributed by atoms with Gasteiger partial charge in [-0.25, -0.2) is 9.18 Å². The van der Waals surface area contributed by atoms with Gasteiger partial charge >= 0.3 is 5.69 Å². The summed E-state index contributed by atoms with van der Waals surface area (Å²) in [5.41, 5.74) is 3.99. The number of rotatable bonds is 8. The van der Waals surface area contributed by atoms with Gasteiger partial charge in [0.1, 0.15) is 18.1 Å². The lowest BCUT2D eigenvalue weighted by atomic mass is 9.82. The maximum atomic E-state index is 15.7. The Morgan fingerprint density at radius 3 is 2.34 bits per heavy atom. The largest absolute Gasteiger partial charge is 0.400 e. The number of hydrogen-bond donors (Lipinski definition) is 2. The van der Waals surface area contributed by atoms with Crippen molar-refractivity contribution < 1.29 is 19.3 Å². The lowest BCUT2D eigenvalue weighted by molar-refractivity contribution is 0.0989. The van der Waals surface area contributed by atoms with Crippen molar-refractivity contribution in [3.05, 3.63) is 111 Å². The third kappa shape index (κ3) is 6.12. The Morgan fingerprint density at radius 2 is 1.68 bits per heavy atom. The molecule has 0 radical (unpaired) electrons. The van der Waals surface area contributed by atoms with E-state index < -0.39 is 17.6 Å². The minimum atomic E-state index is -0.883. The fraction of sp³-hybridized carbons (Fsp3) is 0.375. The van der Waals surface area contributed by atoms with Crippen LogP contribution in [0.15, 0.2) is 71.5 Å². The molecule has 8 nitrogen and oxygen atoms in total. The number of ether oxygens (including phenoxy) is 1. The van der Waals surface area contributed by atoms with Crippen molar-refractivity contribution in [3.8, 4) is 5.69 Å². The molecule has 2 N–H and O–H groups in total. The number of nitrogens with zero attached hydrogens (tertiary/aromatic N) is 4. The van der Waals surface area contributed by atoms with E-state index in [-0.39, 0.29) is 24.3 Å². The molecule has 3 aromatic carbocycles. The van der Waals surface area contributed by atoms with Crippen LogP contribution in [0, 0.1) is 12.7 Å². The Bertz CT molecular complexity index is 1520. The van der Waals surface area contributed by atoms with Gasteiger partial charge < -0.3 is 19.8 Å². The predicted molar refractivity (Wildman–Crippen MR) is 158 cm³/mol. The van der Waals surface area contributed by atoms with Gasteiger partial charge in [-0.2, -0.15) is 4.68 Å². The van der Waals surface area contributed by atoms with Gasteiger partial charge in [0.2, 0.25) is 0 Å². The standard InChI is InChI=1S/C31H35FN4O3.CH4O/c1-5-34-29(19-39-18-22-12-7-6-8-13-22)33-36(31(34)38)28-16-27-24(15-26(28)32)30(37)25(17-35(27)20(2)3)23-14-10-9-11-21(23)4;1-2/h6-16,20,25,30,37H,5,17-19H2,1-4H3;2H,1H3. The van der Waals surface area contributed by atoms with Crippen molar-refractivity contribution in [2.24, 2.45) is 0 Å². The summed E-state index contributed by atoms with van der Waals surface area (Å²) in [4.78, 5) is 15.5. The van der Waals surface area contributed by atoms with Crippen LogP contribution >= 0.6 is 0 Å². The lowest BCUT2D eigenvalue weighted by Gasteiger charge is -2.42. The topological polar surface area (TPSA) is 92.8 Å². The molecular weight excluding hydrogens is 523 g/mol. The van der Waals surface area contributed by atoms with Gasteiger partial charge in [0.05, 0.1) is 12.7 Å². The highest BCUT2D eigenvalue weighted by molar-refractivity contribution is 5.64. The number of hydrogen-bond acceptors (Lipinski definition) is 6. The average molecular weight is 563 g/mol. The maximum absolute atomic E-state index is 15.7. The van der Waals surface area contributed by atoms with E-state index >= 15 is 4.39 Å². The average Bonchev–Trinajstić information content (AvgIpc) is 3.29. The minimum absolute atomic E-state index is 0.0578. The SMILES string of the molecule is CCn1c(COCc2ccccc2)nn(-c2cc3c(cc2F)C(O)C(c2ccccc2C)CN3C(C)C)c1=O.CO. The Morgan fingerprint density at radius 1 is 1.00 bits per heavy atom. The summed E-state index contributed by atoms with van der Waals surface area (Å²) < 4.78 is 24.1. The van der Waals surface area contributed by atoms with Gasteiger partial charge in [-0.1, -0.05) is 54.6 Å². The van der Waals surface area contributed by atoms with Crippen molar-refractivity contribution in [1.82, 2.24) is 14.3 Å². The lowest BCUT2D eigenvalue weighted by Crippen LogP contribution is -2.41. The maximum Gasteiger partial charge on any atom is 0.350 e. The van der Waals surface area contributed by atoms with Crippen LogP contribution in [-0.2, 0) is 24.5 Å². The van der Waals surface area contributed by atoms with Crippen LogP contribution in [0.3, 0.4) is 0 Å². The second-order valence-corrected chi connectivity index (χ2v) is 10.3. The van der Waals surface area contributed by atoms with Crippen LogP contribution in [0.4, 0.5) is 10.1 Å². The van der Waals surface area contributed by atoms with E-state index in [2.05, 4.69) is 23.8 Å². The second kappa shape index (κ2) is 13.2. The zero-order valence-corrected chi connectivity index (χ0v) is 24.3. The zero-order chi connectivity index (χ0) is 29.7. The summed E-state index contributed by atoms with van der Waals surface area (Å²) in [6.07, 6.45) is -0.883. The molecule has 1 aromatic heterocycles. The van der Waals surface area contributed by atoms with Gasteiger partial charge in [-0.3, -0.25) is 4.57 Å². The van der Waals surface area contributed by atoms with E-state index in [0.29, 0.717) is 36.8 Å². The molecule has 41 heavy (non-hydrogen) atoms. The normalized spacial score (nSPS) is 16.4. The number of aliphatic hydroxyl groups is 2. The highest BCUT2D eigenvalue weighted by Crippen LogP contribution is 2.44. The number of halogens is 1. The van der Waals surface area contributed by atoms with Crippen LogP contribution in [-0.4, -0.2) is 44.3 Å². The highest BCUT2D eigenvalue weighted by Gasteiger charge is 2.36. The number of anilines is 1. The molecule has 0 saturated heterocycles. The van der Waals surface area contributed by atoms with Crippen molar-refractivity contribution in [2.75, 3.05) is 18.6 Å². The monoisotopic (exact) mass is 562 g/mol. The van der Waals surface area contributed by atoms with Gasteiger partial charge in [-0.15, -0.1) is 5.10 Å². The van der Waals surface area contributed by atoms with Crippen LogP contribution in [0.1, 0.15) is 60.9 Å². The molecule has 0 amide bonds. The fourth-order valence-electron chi connectivity index (χ4n) is 5.45. The van der Waals surface area contributed by atoms with Gasteiger partial charge in [0, 0.05) is 43.4 Å². The number of aryl methyl sites for hydroxylation is 1. The summed E-state index contributed by atoms with van der Waals surface area (Å²) in [6, 6.07) is 20.8. The quantitative estimate of drug-likeness (QED) is 0.318. The van der Waals surface area contributed by atoms with E-state index in [9.17, 15) is 9.90 Å². The molecule has 2 heterocycles. The fourth-order valence-corrected chi connectivity index (χ4v) is 5.45. The Balaban J connectivity index is 0.00000189. The van der Waals surface area contributed by atoms with Crippen molar-refractivity contribution in [2.45, 2.75) is 65.5 Å². The predicted octanol–water partition coefficient (Wildman–Crippen LogP) is 4.87. The molecule has 0 saturated carbocycles. The van der Waals surface area contributed by atoms with Crippen molar-refractivity contribution >= 4 is 5.69 Å². The minimum Gasteiger partial charge on any atom is -0.400 e. The number of benzene rings is 3. The van der Waals surface area contributed by atoms with Gasteiger partial charge in [0.25, 0.3) is 0 Å². The zero-order valence-electron chi connectivity index (χ0n) is 24.3. The molecule has 0 spiro atoms. The number of fused-ring (bicyclic) bond motifs is 1. The highest BCUT2D eigenvalue weighted by atomic mass is 19.1. The van der Waals surface area contributed by atoms with Crippen molar-refractivity contribution in [3.63, 3.8) is 0 Å². The summed E-state index contributed by atoms with van der Waals surface area (Å²) in [5.74, 6) is -0.390. The molecule has 5 rings (SSSR count). The molecule has 0 fully saturated rings. The van der Waals surface area contributed by atoms with Crippen molar-refractivity contribution in [1.29, 1.82) is 0 Å². The third-order valence-electron chi connectivity index (χ3n) is 7.54. The van der Waals surface area contributed by atoms with Crippen LogP contribution in [0.2, 0.25) is 0 Å². The molecule has 218 valence electrons. The number of aromatic nitrogens is 3. The van der Waals surface area contributed by atoms with Gasteiger partial charge in [0.15, 0.2) is 5.82 Å². The molecule has 1 aliphatic heterocycles. The molecule has 0 aliphatic carbocycles. The van der Waals surface area contributed by atoms with Crippen LogP contribution < -0.4 is 10.6 Å². The smallest absolute Gasteiger partial charge is 0.350 e. The van der Waals surface area contributed by atoms with E-state index in [4.69, 9.17) is 9.84 Å². The molecule has 0 bridgehead atoms. The Hall–Kier alpha value is -3.79. The Labute approximate surface area is 240 Å². The van der Waals surface area contributed by atoms with Crippen LogP contribution in [0.5, 0.6) is 0 Å². The molecule has 9 heteroatoms. The van der Waals surface area contributed by atoms with E-state index in [0.717, 1.165) is 28.5 Å². The van der Waals surface area contributed by atoms with Crippen LogP contribution in [0.25, 0.3) is 5.69 Å². The van der Waals surface area contributed by atoms with E-state index in [1.807, 2.05) is 68.4 Å².